The first-order valence-electron chi connectivity index (χ1n) is 5.29. The van der Waals surface area contributed by atoms with E-state index in [2.05, 4.69) is 5.10 Å². The molecule has 2 aromatic heterocycles. The van der Waals surface area contributed by atoms with E-state index in [-0.39, 0.29) is 0 Å². The number of fused-ring (bicyclic) bond motifs is 1. The van der Waals surface area contributed by atoms with Crippen molar-refractivity contribution in [3.63, 3.8) is 0 Å². The van der Waals surface area contributed by atoms with Crippen molar-refractivity contribution in [1.82, 2.24) is 9.61 Å². The summed E-state index contributed by atoms with van der Waals surface area (Å²) in [6.07, 6.45) is 5.63. The molecule has 0 saturated heterocycles. The molecule has 0 aromatic carbocycles. The molecule has 1 unspecified atom stereocenters. The summed E-state index contributed by atoms with van der Waals surface area (Å²) >= 11 is 0. The molecule has 82 valence electrons. The van der Waals surface area contributed by atoms with Crippen LogP contribution in [0.3, 0.4) is 0 Å². The fourth-order valence-electron chi connectivity index (χ4n) is 1.95. The van der Waals surface area contributed by atoms with Gasteiger partial charge >= 0.3 is 0 Å². The van der Waals surface area contributed by atoms with E-state index in [0.717, 1.165) is 17.5 Å². The lowest BCUT2D eigenvalue weighted by Gasteiger charge is -2.10. The number of aliphatic hydroxyl groups excluding tert-OH is 1. The molecule has 16 heavy (non-hydrogen) atoms. The number of rotatable bonds is 2. The summed E-state index contributed by atoms with van der Waals surface area (Å²) in [6, 6.07) is 5.76. The number of ether oxygens (including phenoxy) is 1. The smallest absolute Gasteiger partial charge is 0.139 e. The predicted octanol–water partition coefficient (Wildman–Crippen LogP) is 1.67. The van der Waals surface area contributed by atoms with E-state index in [1.54, 1.807) is 10.7 Å². The van der Waals surface area contributed by atoms with Crippen LogP contribution in [0.1, 0.15) is 18.1 Å². The van der Waals surface area contributed by atoms with E-state index in [1.807, 2.05) is 30.5 Å². The third-order valence-corrected chi connectivity index (χ3v) is 2.75. The highest BCUT2D eigenvalue weighted by atomic mass is 16.5. The molecular weight excluding hydrogens is 204 g/mol. The lowest BCUT2D eigenvalue weighted by Crippen LogP contribution is -2.01. The molecule has 4 heteroatoms. The normalized spacial score (nSPS) is 17.2. The van der Waals surface area contributed by atoms with Gasteiger partial charge in [-0.3, -0.25) is 0 Å². The van der Waals surface area contributed by atoms with Crippen LogP contribution in [-0.2, 0) is 4.74 Å². The maximum absolute atomic E-state index is 10.2. The van der Waals surface area contributed by atoms with Crippen LogP contribution in [0.15, 0.2) is 42.4 Å². The lowest BCUT2D eigenvalue weighted by atomic mass is 10.1. The Balaban J connectivity index is 2.05. The van der Waals surface area contributed by atoms with Gasteiger partial charge in [-0.1, -0.05) is 6.07 Å². The number of nitrogens with zero attached hydrogens (tertiary/aromatic N) is 2. The molecule has 0 bridgehead atoms. The molecule has 0 amide bonds. The Morgan fingerprint density at radius 2 is 2.38 bits per heavy atom. The Labute approximate surface area is 92.8 Å². The molecule has 0 spiro atoms. The van der Waals surface area contributed by atoms with Crippen molar-refractivity contribution >= 4 is 5.52 Å². The summed E-state index contributed by atoms with van der Waals surface area (Å²) in [4.78, 5) is 0. The standard InChI is InChI=1S/C12H12N2O2/c15-12(11-5-3-7-16-11)9-8-13-14-6-2-1-4-10(9)14/h1-2,4-6,8,12,15H,3,7H2. The number of aromatic nitrogens is 2. The number of hydrogen-bond donors (Lipinski definition) is 1. The first-order valence-corrected chi connectivity index (χ1v) is 5.29. The predicted molar refractivity (Wildman–Crippen MR) is 58.8 cm³/mol. The molecule has 3 rings (SSSR count). The highest BCUT2D eigenvalue weighted by molar-refractivity contribution is 5.55. The fourth-order valence-corrected chi connectivity index (χ4v) is 1.95. The summed E-state index contributed by atoms with van der Waals surface area (Å²) in [5.74, 6) is 0.638. The van der Waals surface area contributed by atoms with Gasteiger partial charge in [-0.15, -0.1) is 0 Å². The molecule has 1 N–H and O–H groups in total. The minimum atomic E-state index is -0.706. The van der Waals surface area contributed by atoms with E-state index >= 15 is 0 Å². The molecule has 2 aromatic rings. The van der Waals surface area contributed by atoms with E-state index in [0.29, 0.717) is 12.4 Å². The van der Waals surface area contributed by atoms with Crippen LogP contribution in [0, 0.1) is 0 Å². The van der Waals surface area contributed by atoms with Crippen molar-refractivity contribution in [1.29, 1.82) is 0 Å². The second-order valence-corrected chi connectivity index (χ2v) is 3.78. The Hall–Kier alpha value is -1.81. The van der Waals surface area contributed by atoms with Crippen molar-refractivity contribution in [2.24, 2.45) is 0 Å². The number of pyridine rings is 1. The van der Waals surface area contributed by atoms with E-state index in [9.17, 15) is 5.11 Å². The monoisotopic (exact) mass is 216 g/mol. The zero-order valence-corrected chi connectivity index (χ0v) is 8.71. The Kier molecular flexibility index (Phi) is 2.15. The molecule has 1 aliphatic rings. The average molecular weight is 216 g/mol. The largest absolute Gasteiger partial charge is 0.495 e. The van der Waals surface area contributed by atoms with Crippen molar-refractivity contribution in [3.05, 3.63) is 48.0 Å². The second-order valence-electron chi connectivity index (χ2n) is 3.78. The number of hydrogen-bond acceptors (Lipinski definition) is 3. The van der Waals surface area contributed by atoms with Gasteiger partial charge in [0.1, 0.15) is 11.9 Å². The van der Waals surface area contributed by atoms with E-state index < -0.39 is 6.10 Å². The summed E-state index contributed by atoms with van der Waals surface area (Å²) in [5, 5.41) is 14.3. The topological polar surface area (TPSA) is 46.8 Å². The molecule has 1 atom stereocenters. The first kappa shape index (κ1) is 9.42. The Bertz CT molecular complexity index is 545. The van der Waals surface area contributed by atoms with Gasteiger partial charge in [0.2, 0.25) is 0 Å². The summed E-state index contributed by atoms with van der Waals surface area (Å²) in [6.45, 7) is 0.658. The Morgan fingerprint density at radius 1 is 1.44 bits per heavy atom. The van der Waals surface area contributed by atoms with Gasteiger partial charge < -0.3 is 9.84 Å². The van der Waals surface area contributed by atoms with Crippen molar-refractivity contribution in [3.8, 4) is 0 Å². The molecule has 0 aliphatic carbocycles. The van der Waals surface area contributed by atoms with Gasteiger partial charge in [0.15, 0.2) is 0 Å². The average Bonchev–Trinajstić information content (AvgIpc) is 2.98. The van der Waals surface area contributed by atoms with Crippen molar-refractivity contribution in [2.45, 2.75) is 12.5 Å². The van der Waals surface area contributed by atoms with Gasteiger partial charge in [-0.05, 0) is 18.2 Å². The van der Waals surface area contributed by atoms with Crippen molar-refractivity contribution in [2.75, 3.05) is 6.61 Å². The first-order chi connectivity index (χ1) is 7.86. The highest BCUT2D eigenvalue weighted by Gasteiger charge is 2.21. The third-order valence-electron chi connectivity index (χ3n) is 2.75. The van der Waals surface area contributed by atoms with Crippen LogP contribution in [0.2, 0.25) is 0 Å². The van der Waals surface area contributed by atoms with Crippen LogP contribution in [0.25, 0.3) is 5.52 Å². The van der Waals surface area contributed by atoms with Crippen LogP contribution in [0.5, 0.6) is 0 Å². The number of aliphatic hydroxyl groups is 1. The quantitative estimate of drug-likeness (QED) is 0.830. The van der Waals surface area contributed by atoms with Crippen molar-refractivity contribution < 1.29 is 9.84 Å². The lowest BCUT2D eigenvalue weighted by molar-refractivity contribution is 0.120. The van der Waals surface area contributed by atoms with E-state index in [1.165, 1.54) is 0 Å². The zero-order chi connectivity index (χ0) is 11.0. The minimum absolute atomic E-state index is 0.638. The minimum Gasteiger partial charge on any atom is -0.495 e. The molecule has 0 fully saturated rings. The summed E-state index contributed by atoms with van der Waals surface area (Å²) in [5.41, 5.74) is 1.69. The third kappa shape index (κ3) is 1.39. The van der Waals surface area contributed by atoms with Crippen LogP contribution >= 0.6 is 0 Å². The zero-order valence-electron chi connectivity index (χ0n) is 8.71. The second kappa shape index (κ2) is 3.64. The highest BCUT2D eigenvalue weighted by Crippen LogP contribution is 2.28. The van der Waals surface area contributed by atoms with E-state index in [4.69, 9.17) is 4.74 Å². The van der Waals surface area contributed by atoms with Gasteiger partial charge in [0.25, 0.3) is 0 Å². The molecule has 4 nitrogen and oxygen atoms in total. The van der Waals surface area contributed by atoms with Crippen LogP contribution in [0.4, 0.5) is 0 Å². The van der Waals surface area contributed by atoms with Crippen LogP contribution < -0.4 is 0 Å². The Morgan fingerprint density at radius 3 is 3.19 bits per heavy atom. The molecular formula is C12H12N2O2. The summed E-state index contributed by atoms with van der Waals surface area (Å²) < 4.78 is 7.11. The maximum atomic E-state index is 10.2. The molecule has 0 radical (unpaired) electrons. The maximum Gasteiger partial charge on any atom is 0.139 e. The van der Waals surface area contributed by atoms with Gasteiger partial charge in [0, 0.05) is 18.2 Å². The van der Waals surface area contributed by atoms with Gasteiger partial charge in [-0.25, -0.2) is 4.52 Å². The molecule has 1 aliphatic heterocycles. The molecule has 3 heterocycles. The van der Waals surface area contributed by atoms with Gasteiger partial charge in [-0.2, -0.15) is 5.10 Å². The SMILES string of the molecule is OC(C1=CCCO1)c1cnn2ccccc12. The molecule has 0 saturated carbocycles. The van der Waals surface area contributed by atoms with Crippen LogP contribution in [-0.4, -0.2) is 21.3 Å². The fraction of sp³-hybridized carbons (Fsp3) is 0.250. The van der Waals surface area contributed by atoms with Gasteiger partial charge in [0.05, 0.1) is 18.3 Å². The summed E-state index contributed by atoms with van der Waals surface area (Å²) in [7, 11) is 0.